The molecule has 136 valence electrons. The molecule has 2 rings (SSSR count). The van der Waals surface area contributed by atoms with Gasteiger partial charge in [-0.3, -0.25) is 9.89 Å². The molecule has 0 amide bonds. The zero-order valence-electron chi connectivity index (χ0n) is 15.7. The van der Waals surface area contributed by atoms with Crippen LogP contribution in [0.3, 0.4) is 0 Å². The van der Waals surface area contributed by atoms with Crippen LogP contribution in [-0.4, -0.2) is 86.6 Å². The molecule has 6 heteroatoms. The number of thiophene rings is 1. The van der Waals surface area contributed by atoms with Gasteiger partial charge in [0.25, 0.3) is 0 Å². The van der Waals surface area contributed by atoms with E-state index in [2.05, 4.69) is 63.4 Å². The Morgan fingerprint density at radius 1 is 1.38 bits per heavy atom. The van der Waals surface area contributed by atoms with Crippen molar-refractivity contribution in [3.63, 3.8) is 0 Å². The first-order valence-electron chi connectivity index (χ1n) is 9.04. The fourth-order valence-electron chi connectivity index (χ4n) is 3.11. The van der Waals surface area contributed by atoms with E-state index in [0.717, 1.165) is 25.5 Å². The van der Waals surface area contributed by atoms with Gasteiger partial charge in [-0.25, -0.2) is 0 Å². The SMILES string of the molecule is CCN1CCN(C(C)CNC(=NC)N(C)CCc2cccs2)CC1. The molecular formula is C18H33N5S. The molecule has 1 aromatic rings. The molecule has 1 saturated heterocycles. The minimum Gasteiger partial charge on any atom is -0.355 e. The summed E-state index contributed by atoms with van der Waals surface area (Å²) in [5.74, 6) is 0.991. The lowest BCUT2D eigenvalue weighted by atomic mass is 10.2. The van der Waals surface area contributed by atoms with Crippen LogP contribution in [0, 0.1) is 0 Å². The Hall–Kier alpha value is -1.11. The molecule has 1 unspecified atom stereocenters. The van der Waals surface area contributed by atoms with E-state index in [-0.39, 0.29) is 0 Å². The molecule has 0 bridgehead atoms. The van der Waals surface area contributed by atoms with Crippen LogP contribution in [0.1, 0.15) is 18.7 Å². The number of hydrogen-bond donors (Lipinski definition) is 1. The quantitative estimate of drug-likeness (QED) is 0.600. The Kier molecular flexibility index (Phi) is 8.02. The van der Waals surface area contributed by atoms with Crippen LogP contribution in [0.5, 0.6) is 0 Å². The number of aliphatic imine (C=N–C) groups is 1. The molecule has 0 radical (unpaired) electrons. The average Bonchev–Trinajstić information content (AvgIpc) is 3.14. The van der Waals surface area contributed by atoms with Crippen molar-refractivity contribution >= 4 is 17.3 Å². The molecule has 0 aromatic carbocycles. The zero-order chi connectivity index (χ0) is 17.4. The van der Waals surface area contributed by atoms with E-state index in [4.69, 9.17) is 0 Å². The lowest BCUT2D eigenvalue weighted by Gasteiger charge is -2.38. The summed E-state index contributed by atoms with van der Waals surface area (Å²) in [6.07, 6.45) is 1.07. The van der Waals surface area contributed by atoms with Gasteiger partial charge >= 0.3 is 0 Å². The predicted molar refractivity (Wildman–Crippen MR) is 105 cm³/mol. The van der Waals surface area contributed by atoms with E-state index in [1.165, 1.54) is 37.6 Å². The van der Waals surface area contributed by atoms with Crippen molar-refractivity contribution in [2.45, 2.75) is 26.3 Å². The summed E-state index contributed by atoms with van der Waals surface area (Å²) in [4.78, 5) is 13.2. The van der Waals surface area contributed by atoms with Gasteiger partial charge in [-0.2, -0.15) is 0 Å². The van der Waals surface area contributed by atoms with Crippen LogP contribution >= 0.6 is 11.3 Å². The van der Waals surface area contributed by atoms with E-state index in [0.29, 0.717) is 6.04 Å². The van der Waals surface area contributed by atoms with Gasteiger partial charge in [0, 0.05) is 64.3 Å². The fourth-order valence-corrected chi connectivity index (χ4v) is 3.81. The standard InChI is InChI=1S/C18H33N5S/c1-5-22-10-12-23(13-11-22)16(2)15-20-18(19-3)21(4)9-8-17-7-6-14-24-17/h6-7,14,16H,5,8-13,15H2,1-4H3,(H,19,20). The average molecular weight is 352 g/mol. The summed E-state index contributed by atoms with van der Waals surface area (Å²) in [5.41, 5.74) is 0. The van der Waals surface area contributed by atoms with E-state index >= 15 is 0 Å². The lowest BCUT2D eigenvalue weighted by molar-refractivity contribution is 0.107. The molecule has 0 spiro atoms. The van der Waals surface area contributed by atoms with Gasteiger partial charge in [0.05, 0.1) is 0 Å². The molecule has 1 atom stereocenters. The first kappa shape index (κ1) is 19.2. The topological polar surface area (TPSA) is 34.1 Å². The Bertz CT molecular complexity index is 480. The second-order valence-electron chi connectivity index (χ2n) is 6.50. The molecule has 1 N–H and O–H groups in total. The maximum atomic E-state index is 4.44. The number of rotatable bonds is 7. The van der Waals surface area contributed by atoms with Gasteiger partial charge < -0.3 is 15.1 Å². The highest BCUT2D eigenvalue weighted by Gasteiger charge is 2.20. The van der Waals surface area contributed by atoms with Gasteiger partial charge in [0.15, 0.2) is 5.96 Å². The smallest absolute Gasteiger partial charge is 0.193 e. The number of guanidine groups is 1. The van der Waals surface area contributed by atoms with Crippen LogP contribution in [0.4, 0.5) is 0 Å². The van der Waals surface area contributed by atoms with Crippen molar-refractivity contribution in [1.29, 1.82) is 0 Å². The van der Waals surface area contributed by atoms with Gasteiger partial charge in [-0.15, -0.1) is 11.3 Å². The summed E-state index contributed by atoms with van der Waals surface area (Å²) in [5, 5.41) is 5.69. The van der Waals surface area contributed by atoms with E-state index in [9.17, 15) is 0 Å². The summed E-state index contributed by atoms with van der Waals surface area (Å²) >= 11 is 1.83. The molecule has 0 saturated carbocycles. The van der Waals surface area contributed by atoms with E-state index in [1.54, 1.807) is 0 Å². The van der Waals surface area contributed by atoms with Crippen LogP contribution in [0.25, 0.3) is 0 Å². The van der Waals surface area contributed by atoms with Gasteiger partial charge in [0.1, 0.15) is 0 Å². The minimum absolute atomic E-state index is 0.534. The van der Waals surface area contributed by atoms with Gasteiger partial charge in [-0.1, -0.05) is 13.0 Å². The number of piperazine rings is 1. The van der Waals surface area contributed by atoms with Crippen molar-refractivity contribution in [3.05, 3.63) is 22.4 Å². The molecule has 1 aromatic heterocycles. The van der Waals surface area contributed by atoms with E-state index < -0.39 is 0 Å². The van der Waals surface area contributed by atoms with Crippen molar-refractivity contribution in [2.24, 2.45) is 4.99 Å². The molecule has 5 nitrogen and oxygen atoms in total. The Morgan fingerprint density at radius 3 is 2.71 bits per heavy atom. The maximum absolute atomic E-state index is 4.44. The lowest BCUT2D eigenvalue weighted by Crippen LogP contribution is -2.53. The van der Waals surface area contributed by atoms with Crippen molar-refractivity contribution < 1.29 is 0 Å². The predicted octanol–water partition coefficient (Wildman–Crippen LogP) is 1.82. The van der Waals surface area contributed by atoms with Crippen molar-refractivity contribution in [1.82, 2.24) is 20.0 Å². The monoisotopic (exact) mass is 351 g/mol. The molecule has 1 aliphatic heterocycles. The third kappa shape index (κ3) is 5.76. The summed E-state index contributed by atoms with van der Waals surface area (Å²) in [7, 11) is 3.99. The Labute approximate surface area is 151 Å². The van der Waals surface area contributed by atoms with Crippen molar-refractivity contribution in [2.75, 3.05) is 59.9 Å². The van der Waals surface area contributed by atoms with Crippen LogP contribution < -0.4 is 5.32 Å². The molecule has 0 aliphatic carbocycles. The second kappa shape index (κ2) is 10.0. The summed E-state index contributed by atoms with van der Waals surface area (Å²) in [6, 6.07) is 4.85. The number of likely N-dealkylation sites (N-methyl/N-ethyl adjacent to an activating group) is 2. The number of nitrogens with one attached hydrogen (secondary N) is 1. The highest BCUT2D eigenvalue weighted by atomic mass is 32.1. The van der Waals surface area contributed by atoms with Crippen LogP contribution in [0.2, 0.25) is 0 Å². The third-order valence-electron chi connectivity index (χ3n) is 4.88. The fraction of sp³-hybridized carbons (Fsp3) is 0.722. The maximum Gasteiger partial charge on any atom is 0.193 e. The molecule has 24 heavy (non-hydrogen) atoms. The normalized spacial score (nSPS) is 18.6. The highest BCUT2D eigenvalue weighted by Crippen LogP contribution is 2.09. The van der Waals surface area contributed by atoms with Gasteiger partial charge in [0.2, 0.25) is 0 Å². The summed E-state index contributed by atoms with van der Waals surface area (Å²) in [6.45, 7) is 12.4. The van der Waals surface area contributed by atoms with Crippen LogP contribution in [-0.2, 0) is 6.42 Å². The molecule has 1 aliphatic rings. The molecule has 1 fully saturated rings. The number of hydrogen-bond acceptors (Lipinski definition) is 4. The first-order valence-corrected chi connectivity index (χ1v) is 9.92. The Balaban J connectivity index is 1.72. The van der Waals surface area contributed by atoms with Crippen molar-refractivity contribution in [3.8, 4) is 0 Å². The van der Waals surface area contributed by atoms with Gasteiger partial charge in [-0.05, 0) is 31.3 Å². The largest absolute Gasteiger partial charge is 0.355 e. The molecular weight excluding hydrogens is 318 g/mol. The first-order chi connectivity index (χ1) is 11.6. The second-order valence-corrected chi connectivity index (χ2v) is 7.53. The zero-order valence-corrected chi connectivity index (χ0v) is 16.5. The molecule has 2 heterocycles. The minimum atomic E-state index is 0.534. The summed E-state index contributed by atoms with van der Waals surface area (Å²) < 4.78 is 0. The highest BCUT2D eigenvalue weighted by molar-refractivity contribution is 7.09. The third-order valence-corrected chi connectivity index (χ3v) is 5.82. The van der Waals surface area contributed by atoms with E-state index in [1.807, 2.05) is 18.4 Å². The Morgan fingerprint density at radius 2 is 2.12 bits per heavy atom. The van der Waals surface area contributed by atoms with Crippen LogP contribution in [0.15, 0.2) is 22.5 Å². The number of nitrogens with zero attached hydrogens (tertiary/aromatic N) is 4.